The molecule has 0 aromatic heterocycles. The molecule has 1 rings (SSSR count). The molecule has 0 aliphatic carbocycles. The zero-order chi connectivity index (χ0) is 12.7. The summed E-state index contributed by atoms with van der Waals surface area (Å²) < 4.78 is 5.88. The number of ether oxygens (including phenoxy) is 1. The maximum absolute atomic E-state index is 5.88. The summed E-state index contributed by atoms with van der Waals surface area (Å²) in [4.78, 5) is 0. The minimum absolute atomic E-state index is 0. The van der Waals surface area contributed by atoms with Crippen LogP contribution in [0.4, 0.5) is 0 Å². The van der Waals surface area contributed by atoms with Crippen molar-refractivity contribution >= 4 is 7.26 Å². The molecule has 0 saturated heterocycles. The standard InChI is InChI=1S/C15H26OP.HI/c1-5-17(6-2,7-3)12-11-16-15-10-8-9-14(4)13-15;/h8-10,13H,5-7,11-12H2,1-4H3;1H/q+1;/p-1. The van der Waals surface area contributed by atoms with Gasteiger partial charge in [0.1, 0.15) is 12.4 Å². The summed E-state index contributed by atoms with van der Waals surface area (Å²) in [5.41, 5.74) is 1.27. The zero-order valence-electron chi connectivity index (χ0n) is 12.1. The number of hydrogen-bond acceptors (Lipinski definition) is 1. The molecule has 1 nitrogen and oxygen atoms in total. The third-order valence-corrected chi connectivity index (χ3v) is 8.99. The van der Waals surface area contributed by atoms with Crippen molar-refractivity contribution in [1.82, 2.24) is 0 Å². The molecule has 0 N–H and O–H groups in total. The van der Waals surface area contributed by atoms with Crippen molar-refractivity contribution in [3.63, 3.8) is 0 Å². The smallest absolute Gasteiger partial charge is 0.122 e. The van der Waals surface area contributed by atoms with Gasteiger partial charge in [-0.25, -0.2) is 0 Å². The first-order valence-corrected chi connectivity index (χ1v) is 9.23. The molecule has 18 heavy (non-hydrogen) atoms. The Kier molecular flexibility index (Phi) is 9.23. The molecule has 1 aromatic carbocycles. The Balaban J connectivity index is 0.00000289. The van der Waals surface area contributed by atoms with Crippen molar-refractivity contribution in [1.29, 1.82) is 0 Å². The number of benzene rings is 1. The fourth-order valence-electron chi connectivity index (χ4n) is 2.21. The summed E-state index contributed by atoms with van der Waals surface area (Å²) in [5, 5.41) is 0. The van der Waals surface area contributed by atoms with Crippen LogP contribution in [0, 0.1) is 6.92 Å². The Labute approximate surface area is 130 Å². The van der Waals surface area contributed by atoms with Crippen LogP contribution in [0.25, 0.3) is 0 Å². The van der Waals surface area contributed by atoms with E-state index in [4.69, 9.17) is 4.74 Å². The van der Waals surface area contributed by atoms with Crippen LogP contribution >= 0.6 is 7.26 Å². The van der Waals surface area contributed by atoms with E-state index in [2.05, 4.69) is 52.0 Å². The van der Waals surface area contributed by atoms with Crippen LogP contribution in [0.2, 0.25) is 0 Å². The van der Waals surface area contributed by atoms with Gasteiger partial charge in [-0.1, -0.05) is 12.1 Å². The number of rotatable bonds is 7. The Morgan fingerprint density at radius 3 is 2.17 bits per heavy atom. The minimum atomic E-state index is -0.713. The van der Waals surface area contributed by atoms with Crippen molar-refractivity contribution in [3.05, 3.63) is 29.8 Å². The fourth-order valence-corrected chi connectivity index (χ4v) is 4.98. The van der Waals surface area contributed by atoms with Crippen LogP contribution < -0.4 is 28.7 Å². The van der Waals surface area contributed by atoms with Gasteiger partial charge < -0.3 is 28.7 Å². The van der Waals surface area contributed by atoms with Crippen molar-refractivity contribution in [3.8, 4) is 5.75 Å². The molecule has 0 unspecified atom stereocenters. The maximum Gasteiger partial charge on any atom is 0.122 e. The van der Waals surface area contributed by atoms with E-state index in [0.717, 1.165) is 12.4 Å². The summed E-state index contributed by atoms with van der Waals surface area (Å²) in [5.74, 6) is 1.02. The molecule has 0 bridgehead atoms. The predicted molar refractivity (Wildman–Crippen MR) is 80.1 cm³/mol. The van der Waals surface area contributed by atoms with E-state index in [1.807, 2.05) is 0 Å². The van der Waals surface area contributed by atoms with Gasteiger partial charge >= 0.3 is 0 Å². The van der Waals surface area contributed by atoms with Gasteiger partial charge in [-0.2, -0.15) is 0 Å². The van der Waals surface area contributed by atoms with Gasteiger partial charge in [-0.05, 0) is 45.4 Å². The highest BCUT2D eigenvalue weighted by atomic mass is 127. The van der Waals surface area contributed by atoms with Gasteiger partial charge in [-0.15, -0.1) is 0 Å². The summed E-state index contributed by atoms with van der Waals surface area (Å²) in [6.07, 6.45) is 5.34. The third-order valence-electron chi connectivity index (χ3n) is 3.84. The van der Waals surface area contributed by atoms with Gasteiger partial charge in [0.2, 0.25) is 0 Å². The molecule has 0 saturated carbocycles. The molecule has 0 aliphatic heterocycles. The number of hydrogen-bond donors (Lipinski definition) is 0. The monoisotopic (exact) mass is 380 g/mol. The highest BCUT2D eigenvalue weighted by Gasteiger charge is 2.30. The Morgan fingerprint density at radius 2 is 1.67 bits per heavy atom. The first-order chi connectivity index (χ1) is 8.15. The van der Waals surface area contributed by atoms with Crippen molar-refractivity contribution in [2.45, 2.75) is 27.7 Å². The third kappa shape index (κ3) is 5.44. The Hall–Kier alpha value is 0.180. The summed E-state index contributed by atoms with van der Waals surface area (Å²) in [7, 11) is -0.713. The van der Waals surface area contributed by atoms with Crippen LogP contribution in [-0.2, 0) is 0 Å². The second kappa shape index (κ2) is 9.14. The zero-order valence-corrected chi connectivity index (χ0v) is 15.1. The van der Waals surface area contributed by atoms with Crippen LogP contribution in [-0.4, -0.2) is 31.3 Å². The van der Waals surface area contributed by atoms with Crippen LogP contribution in [0.3, 0.4) is 0 Å². The molecule has 0 fully saturated rings. The summed E-state index contributed by atoms with van der Waals surface area (Å²) >= 11 is 0. The van der Waals surface area contributed by atoms with Crippen LogP contribution in [0.5, 0.6) is 5.75 Å². The molecule has 0 aliphatic rings. The van der Waals surface area contributed by atoms with E-state index < -0.39 is 7.26 Å². The van der Waals surface area contributed by atoms with Gasteiger partial charge in [0, 0.05) is 7.26 Å². The van der Waals surface area contributed by atoms with E-state index in [1.54, 1.807) is 0 Å². The molecular formula is C15H26IOP. The van der Waals surface area contributed by atoms with Crippen molar-refractivity contribution < 1.29 is 28.7 Å². The summed E-state index contributed by atoms with van der Waals surface area (Å²) in [6.45, 7) is 10.0. The molecule has 0 spiro atoms. The Bertz CT molecular complexity index is 329. The van der Waals surface area contributed by atoms with E-state index in [-0.39, 0.29) is 24.0 Å². The molecule has 1 aromatic rings. The van der Waals surface area contributed by atoms with Gasteiger partial charge in [0.15, 0.2) is 0 Å². The second-order valence-corrected chi connectivity index (χ2v) is 9.71. The molecular weight excluding hydrogens is 354 g/mol. The topological polar surface area (TPSA) is 9.23 Å². The SMILES string of the molecule is CC[P+](CC)(CC)CCOc1cccc(C)c1.[I-]. The molecule has 0 atom stereocenters. The normalized spacial score (nSPS) is 10.9. The first kappa shape index (κ1) is 18.2. The number of halogens is 1. The van der Waals surface area contributed by atoms with Crippen LogP contribution in [0.1, 0.15) is 26.3 Å². The molecule has 104 valence electrons. The minimum Gasteiger partial charge on any atom is -1.00 e. The first-order valence-electron chi connectivity index (χ1n) is 6.70. The van der Waals surface area contributed by atoms with Crippen molar-refractivity contribution in [2.24, 2.45) is 0 Å². The lowest BCUT2D eigenvalue weighted by Crippen LogP contribution is -3.00. The quantitative estimate of drug-likeness (QED) is 0.514. The average molecular weight is 380 g/mol. The van der Waals surface area contributed by atoms with Crippen LogP contribution in [0.15, 0.2) is 24.3 Å². The highest BCUT2D eigenvalue weighted by molar-refractivity contribution is 7.75. The second-order valence-electron chi connectivity index (χ2n) is 4.68. The van der Waals surface area contributed by atoms with E-state index in [9.17, 15) is 0 Å². The molecule has 0 heterocycles. The largest absolute Gasteiger partial charge is 1.00 e. The van der Waals surface area contributed by atoms with E-state index in [0.29, 0.717) is 0 Å². The average Bonchev–Trinajstić information content (AvgIpc) is 2.35. The fraction of sp³-hybridized carbons (Fsp3) is 0.600. The Morgan fingerprint density at radius 1 is 1.06 bits per heavy atom. The lowest BCUT2D eigenvalue weighted by atomic mass is 10.2. The van der Waals surface area contributed by atoms with Gasteiger partial charge in [-0.3, -0.25) is 0 Å². The molecule has 0 radical (unpaired) electrons. The molecule has 0 amide bonds. The van der Waals surface area contributed by atoms with E-state index >= 15 is 0 Å². The van der Waals surface area contributed by atoms with Crippen molar-refractivity contribution in [2.75, 3.05) is 31.3 Å². The van der Waals surface area contributed by atoms with Gasteiger partial charge in [0.25, 0.3) is 0 Å². The summed E-state index contributed by atoms with van der Waals surface area (Å²) in [6, 6.07) is 8.34. The number of aryl methyl sites for hydroxylation is 1. The predicted octanol–water partition coefficient (Wildman–Crippen LogP) is 1.46. The lowest BCUT2D eigenvalue weighted by Gasteiger charge is -2.23. The molecule has 3 heteroatoms. The maximum atomic E-state index is 5.88. The van der Waals surface area contributed by atoms with Gasteiger partial charge in [0.05, 0.1) is 24.6 Å². The van der Waals surface area contributed by atoms with E-state index in [1.165, 1.54) is 30.2 Å². The highest BCUT2D eigenvalue weighted by Crippen LogP contribution is 2.57. The lowest BCUT2D eigenvalue weighted by molar-refractivity contribution is -0.00000436.